The molecule has 0 unspecified atom stereocenters. The summed E-state index contributed by atoms with van der Waals surface area (Å²) in [5.74, 6) is -0.922. The van der Waals surface area contributed by atoms with Crippen molar-refractivity contribution >= 4 is 51.8 Å². The number of carbonyl (C=O) groups is 2. The highest BCUT2D eigenvalue weighted by Crippen LogP contribution is 2.28. The number of amides is 2. The van der Waals surface area contributed by atoms with Gasteiger partial charge in [-0.25, -0.2) is 0 Å². The van der Waals surface area contributed by atoms with Gasteiger partial charge in [0.05, 0.1) is 5.69 Å². The minimum absolute atomic E-state index is 0.0512. The van der Waals surface area contributed by atoms with Crippen LogP contribution >= 0.6 is 12.2 Å². The van der Waals surface area contributed by atoms with E-state index in [0.717, 1.165) is 22.0 Å². The highest BCUT2D eigenvalue weighted by Gasteiger charge is 2.35. The van der Waals surface area contributed by atoms with Crippen molar-refractivity contribution in [1.29, 1.82) is 0 Å². The lowest BCUT2D eigenvalue weighted by atomic mass is 10.1. The predicted molar refractivity (Wildman–Crippen MR) is 140 cm³/mol. The zero-order valence-corrected chi connectivity index (χ0v) is 19.7. The number of hydrogen-bond acceptors (Lipinski definition) is 3. The Labute approximate surface area is 203 Å². The number of thiocarbonyl (C=S) groups is 1. The molecule has 1 aliphatic heterocycles. The number of aromatic nitrogens is 1. The molecule has 0 spiro atoms. The largest absolute Gasteiger partial charge is 0.342 e. The summed E-state index contributed by atoms with van der Waals surface area (Å²) >= 11 is 5.35. The van der Waals surface area contributed by atoms with E-state index >= 15 is 0 Å². The van der Waals surface area contributed by atoms with Gasteiger partial charge < -0.3 is 4.57 Å². The van der Waals surface area contributed by atoms with Crippen molar-refractivity contribution in [2.75, 3.05) is 4.90 Å². The van der Waals surface area contributed by atoms with Crippen LogP contribution in [0.2, 0.25) is 0 Å². The number of nitrogens with zero attached hydrogens (tertiary/aromatic N) is 2. The summed E-state index contributed by atoms with van der Waals surface area (Å²) in [6.07, 6.45) is 3.66. The van der Waals surface area contributed by atoms with Crippen LogP contribution in [-0.4, -0.2) is 21.5 Å². The van der Waals surface area contributed by atoms with Gasteiger partial charge in [0.25, 0.3) is 11.8 Å². The van der Waals surface area contributed by atoms with Crippen LogP contribution < -0.4 is 10.2 Å². The molecule has 1 fully saturated rings. The fraction of sp³-hybridized carbons (Fsp3) is 0.107. The fourth-order valence-electron chi connectivity index (χ4n) is 4.37. The lowest BCUT2D eigenvalue weighted by Gasteiger charge is -2.29. The van der Waals surface area contributed by atoms with Crippen LogP contribution in [0.4, 0.5) is 5.69 Å². The minimum atomic E-state index is -0.490. The summed E-state index contributed by atoms with van der Waals surface area (Å²) in [5, 5.41) is 3.74. The first-order valence-electron chi connectivity index (χ1n) is 11.0. The van der Waals surface area contributed by atoms with Crippen molar-refractivity contribution in [2.24, 2.45) is 0 Å². The van der Waals surface area contributed by atoms with E-state index in [1.54, 1.807) is 6.08 Å². The Bertz CT molecular complexity index is 1500. The van der Waals surface area contributed by atoms with E-state index in [9.17, 15) is 9.59 Å². The normalized spacial score (nSPS) is 15.3. The van der Waals surface area contributed by atoms with Gasteiger partial charge in [-0.1, -0.05) is 66.2 Å². The second-order valence-corrected chi connectivity index (χ2v) is 8.85. The molecule has 1 saturated heterocycles. The van der Waals surface area contributed by atoms with E-state index in [1.807, 2.05) is 67.7 Å². The van der Waals surface area contributed by atoms with Crippen molar-refractivity contribution in [2.45, 2.75) is 20.4 Å². The highest BCUT2D eigenvalue weighted by atomic mass is 32.1. The number of para-hydroxylation sites is 2. The molecule has 1 N–H and O–H groups in total. The van der Waals surface area contributed by atoms with Gasteiger partial charge in [-0.05, 0) is 55.4 Å². The van der Waals surface area contributed by atoms with E-state index in [1.165, 1.54) is 16.0 Å². The fourth-order valence-corrected chi connectivity index (χ4v) is 4.65. The number of benzene rings is 3. The quantitative estimate of drug-likeness (QED) is 0.258. The number of anilines is 1. The summed E-state index contributed by atoms with van der Waals surface area (Å²) in [6.45, 7) is 4.67. The summed E-state index contributed by atoms with van der Waals surface area (Å²) in [6, 6.07) is 23.8. The third-order valence-electron chi connectivity index (χ3n) is 6.01. The Morgan fingerprint density at radius 1 is 0.941 bits per heavy atom. The number of aryl methyl sites for hydroxylation is 2. The monoisotopic (exact) mass is 465 g/mol. The molecule has 34 heavy (non-hydrogen) atoms. The molecular weight excluding hydrogens is 442 g/mol. The van der Waals surface area contributed by atoms with Crippen LogP contribution in [0.15, 0.2) is 84.6 Å². The van der Waals surface area contributed by atoms with Gasteiger partial charge in [-0.15, -0.1) is 0 Å². The smallest absolute Gasteiger partial charge is 0.270 e. The summed E-state index contributed by atoms with van der Waals surface area (Å²) < 4.78 is 2.14. The molecule has 0 saturated carbocycles. The second kappa shape index (κ2) is 8.72. The molecule has 2 amide bonds. The van der Waals surface area contributed by atoms with E-state index in [-0.39, 0.29) is 10.7 Å². The number of nitrogens with one attached hydrogen (secondary N) is 1. The molecule has 5 rings (SSSR count). The molecule has 5 nitrogen and oxygen atoms in total. The van der Waals surface area contributed by atoms with Crippen molar-refractivity contribution in [3.05, 3.63) is 107 Å². The third kappa shape index (κ3) is 3.93. The lowest BCUT2D eigenvalue weighted by molar-refractivity contribution is -0.122. The standard InChI is InChI=1S/C28H23N3O2S/c1-18-8-7-10-20(14-18)16-30-17-21(22-11-4-6-13-25(22)30)15-23-26(32)29-28(34)31(27(23)33)24-12-5-3-9-19(24)2/h3-15,17H,16H2,1-2H3,(H,29,32,34)/b23-15+. The zero-order chi connectivity index (χ0) is 23.8. The Balaban J connectivity index is 1.58. The number of fused-ring (bicyclic) bond motifs is 1. The molecule has 0 atom stereocenters. The van der Waals surface area contributed by atoms with Crippen LogP contribution in [0.3, 0.4) is 0 Å². The molecule has 1 aliphatic rings. The molecule has 3 aromatic carbocycles. The van der Waals surface area contributed by atoms with E-state index in [0.29, 0.717) is 12.2 Å². The third-order valence-corrected chi connectivity index (χ3v) is 6.30. The zero-order valence-electron chi connectivity index (χ0n) is 18.9. The lowest BCUT2D eigenvalue weighted by Crippen LogP contribution is -2.54. The van der Waals surface area contributed by atoms with Gasteiger partial charge in [-0.3, -0.25) is 19.8 Å². The molecule has 2 heterocycles. The Kier molecular flexibility index (Phi) is 5.59. The van der Waals surface area contributed by atoms with Crippen LogP contribution in [0.5, 0.6) is 0 Å². The molecule has 4 aromatic rings. The maximum absolute atomic E-state index is 13.5. The summed E-state index contributed by atoms with van der Waals surface area (Å²) in [5.41, 5.74) is 5.82. The van der Waals surface area contributed by atoms with Crippen LogP contribution in [-0.2, 0) is 16.1 Å². The van der Waals surface area contributed by atoms with E-state index in [2.05, 4.69) is 35.0 Å². The predicted octanol–water partition coefficient (Wildman–Crippen LogP) is 5.14. The van der Waals surface area contributed by atoms with Crippen molar-refractivity contribution < 1.29 is 9.59 Å². The SMILES string of the molecule is Cc1cccc(Cn2cc(/C=C3\C(=O)NC(=S)N(c4ccccc4C)C3=O)c3ccccc32)c1. The molecular formula is C28H23N3O2S. The maximum Gasteiger partial charge on any atom is 0.270 e. The maximum atomic E-state index is 13.5. The van der Waals surface area contributed by atoms with Crippen molar-refractivity contribution in [1.82, 2.24) is 9.88 Å². The average molecular weight is 466 g/mol. The topological polar surface area (TPSA) is 54.3 Å². The van der Waals surface area contributed by atoms with Gasteiger partial charge in [0, 0.05) is 29.2 Å². The van der Waals surface area contributed by atoms with Gasteiger partial charge in [0.15, 0.2) is 5.11 Å². The first-order valence-corrected chi connectivity index (χ1v) is 11.4. The molecule has 1 aromatic heterocycles. The van der Waals surface area contributed by atoms with Gasteiger partial charge >= 0.3 is 0 Å². The summed E-state index contributed by atoms with van der Waals surface area (Å²) in [7, 11) is 0. The Morgan fingerprint density at radius 3 is 2.50 bits per heavy atom. The first-order chi connectivity index (χ1) is 16.4. The number of carbonyl (C=O) groups excluding carboxylic acids is 2. The van der Waals surface area contributed by atoms with E-state index in [4.69, 9.17) is 12.2 Å². The number of hydrogen-bond donors (Lipinski definition) is 1. The molecule has 0 radical (unpaired) electrons. The second-order valence-electron chi connectivity index (χ2n) is 8.46. The van der Waals surface area contributed by atoms with Crippen LogP contribution in [0, 0.1) is 13.8 Å². The molecule has 168 valence electrons. The minimum Gasteiger partial charge on any atom is -0.342 e. The van der Waals surface area contributed by atoms with Crippen LogP contribution in [0.1, 0.15) is 22.3 Å². The van der Waals surface area contributed by atoms with E-state index < -0.39 is 11.8 Å². The molecule has 6 heteroatoms. The van der Waals surface area contributed by atoms with Crippen molar-refractivity contribution in [3.8, 4) is 0 Å². The average Bonchev–Trinajstić information content (AvgIpc) is 3.15. The van der Waals surface area contributed by atoms with Gasteiger partial charge in [0.1, 0.15) is 5.57 Å². The molecule has 0 bridgehead atoms. The molecule has 0 aliphatic carbocycles. The highest BCUT2D eigenvalue weighted by molar-refractivity contribution is 7.80. The Hall–Kier alpha value is -4.03. The van der Waals surface area contributed by atoms with Crippen LogP contribution in [0.25, 0.3) is 17.0 Å². The summed E-state index contributed by atoms with van der Waals surface area (Å²) in [4.78, 5) is 27.7. The van der Waals surface area contributed by atoms with Crippen molar-refractivity contribution in [3.63, 3.8) is 0 Å². The first kappa shape index (κ1) is 21.8. The number of rotatable bonds is 4. The van der Waals surface area contributed by atoms with Gasteiger partial charge in [-0.2, -0.15) is 0 Å². The Morgan fingerprint density at radius 2 is 1.71 bits per heavy atom. The van der Waals surface area contributed by atoms with Gasteiger partial charge in [0.2, 0.25) is 0 Å².